The van der Waals surface area contributed by atoms with Crippen LogP contribution in [0.5, 0.6) is 5.75 Å². The molecular formula is C15H10F2O3S. The first-order valence-electron chi connectivity index (χ1n) is 6.10. The zero-order chi connectivity index (χ0) is 15.0. The van der Waals surface area contributed by atoms with Crippen molar-refractivity contribution < 1.29 is 21.9 Å². The molecule has 1 aliphatic heterocycles. The second-order valence-corrected chi connectivity index (χ2v) is 6.51. The van der Waals surface area contributed by atoms with Gasteiger partial charge in [0.25, 0.3) is 0 Å². The van der Waals surface area contributed by atoms with E-state index in [4.69, 9.17) is 4.74 Å². The standard InChI is InChI=1S/C15H10F2O3S/c16-11-2-1-3-13(7-11)20-9-14-6-10-4-5-12(17)8-15(10)21(14,18)19/h1-8H,9H2. The Balaban J connectivity index is 1.85. The van der Waals surface area contributed by atoms with Crippen LogP contribution in [-0.2, 0) is 9.84 Å². The minimum absolute atomic E-state index is 0.0207. The molecule has 1 aliphatic rings. The molecule has 0 amide bonds. The second-order valence-electron chi connectivity index (χ2n) is 4.54. The van der Waals surface area contributed by atoms with Crippen LogP contribution in [0.25, 0.3) is 6.08 Å². The summed E-state index contributed by atoms with van der Waals surface area (Å²) in [5, 5.41) is 0. The van der Waals surface area contributed by atoms with E-state index in [0.29, 0.717) is 5.56 Å². The lowest BCUT2D eigenvalue weighted by Crippen LogP contribution is -2.09. The molecule has 0 saturated heterocycles. The van der Waals surface area contributed by atoms with Gasteiger partial charge in [-0.15, -0.1) is 0 Å². The van der Waals surface area contributed by atoms with Crippen LogP contribution in [0, 0.1) is 11.6 Å². The summed E-state index contributed by atoms with van der Waals surface area (Å²) in [5.41, 5.74) is 0.425. The van der Waals surface area contributed by atoms with Gasteiger partial charge in [0.05, 0.1) is 9.80 Å². The van der Waals surface area contributed by atoms with Gasteiger partial charge < -0.3 is 4.74 Å². The van der Waals surface area contributed by atoms with Crippen molar-refractivity contribution in [2.45, 2.75) is 4.90 Å². The molecule has 0 N–H and O–H groups in total. The molecular weight excluding hydrogens is 298 g/mol. The number of halogens is 2. The maximum absolute atomic E-state index is 13.2. The van der Waals surface area contributed by atoms with E-state index in [1.54, 1.807) is 0 Å². The molecule has 0 bridgehead atoms. The first-order valence-corrected chi connectivity index (χ1v) is 7.59. The summed E-state index contributed by atoms with van der Waals surface area (Å²) in [6.45, 7) is -0.234. The lowest BCUT2D eigenvalue weighted by Gasteiger charge is -2.07. The van der Waals surface area contributed by atoms with E-state index >= 15 is 0 Å². The first-order chi connectivity index (χ1) is 9.96. The number of hydrogen-bond acceptors (Lipinski definition) is 3. The molecule has 3 nitrogen and oxygen atoms in total. The highest BCUT2D eigenvalue weighted by Gasteiger charge is 2.30. The molecule has 1 heterocycles. The van der Waals surface area contributed by atoms with Gasteiger partial charge in [-0.1, -0.05) is 12.1 Å². The molecule has 6 heteroatoms. The Morgan fingerprint density at radius 2 is 1.76 bits per heavy atom. The lowest BCUT2D eigenvalue weighted by molar-refractivity contribution is 0.357. The van der Waals surface area contributed by atoms with Gasteiger partial charge in [0, 0.05) is 6.07 Å². The van der Waals surface area contributed by atoms with Crippen LogP contribution >= 0.6 is 0 Å². The first kappa shape index (κ1) is 13.8. The summed E-state index contributed by atoms with van der Waals surface area (Å²) >= 11 is 0. The summed E-state index contributed by atoms with van der Waals surface area (Å²) in [4.78, 5) is -0.0484. The fraction of sp³-hybridized carbons (Fsp3) is 0.0667. The third kappa shape index (κ3) is 2.54. The van der Waals surface area contributed by atoms with Crippen molar-refractivity contribution >= 4 is 15.9 Å². The Bertz CT molecular complexity index is 842. The van der Waals surface area contributed by atoms with E-state index in [-0.39, 0.29) is 22.2 Å². The van der Waals surface area contributed by atoms with Gasteiger partial charge in [-0.3, -0.25) is 0 Å². The summed E-state index contributed by atoms with van der Waals surface area (Å²) in [6.07, 6.45) is 1.43. The van der Waals surface area contributed by atoms with Crippen LogP contribution < -0.4 is 4.74 Å². The molecule has 0 aromatic heterocycles. The largest absolute Gasteiger partial charge is 0.488 e. The highest BCUT2D eigenvalue weighted by atomic mass is 32.2. The third-order valence-electron chi connectivity index (χ3n) is 3.10. The highest BCUT2D eigenvalue weighted by Crippen LogP contribution is 2.33. The maximum atomic E-state index is 13.2. The van der Waals surface area contributed by atoms with E-state index in [2.05, 4.69) is 0 Å². The quantitative estimate of drug-likeness (QED) is 0.874. The van der Waals surface area contributed by atoms with Gasteiger partial charge in [0.2, 0.25) is 9.84 Å². The molecule has 0 fully saturated rings. The SMILES string of the molecule is O=S1(=O)C(COc2cccc(F)c2)=Cc2ccc(F)cc21. The van der Waals surface area contributed by atoms with Crippen molar-refractivity contribution in [3.05, 3.63) is 64.6 Å². The Morgan fingerprint density at radius 1 is 1.00 bits per heavy atom. The molecule has 0 unspecified atom stereocenters. The normalized spacial score (nSPS) is 15.4. The fourth-order valence-electron chi connectivity index (χ4n) is 2.08. The molecule has 108 valence electrons. The number of sulfone groups is 1. The van der Waals surface area contributed by atoms with Gasteiger partial charge in [-0.25, -0.2) is 17.2 Å². The number of hydrogen-bond donors (Lipinski definition) is 0. The predicted octanol–water partition coefficient (Wildman–Crippen LogP) is 3.17. The monoisotopic (exact) mass is 308 g/mol. The molecule has 0 atom stereocenters. The van der Waals surface area contributed by atoms with Gasteiger partial charge in [0.15, 0.2) is 0 Å². The topological polar surface area (TPSA) is 43.4 Å². The van der Waals surface area contributed by atoms with Gasteiger partial charge >= 0.3 is 0 Å². The van der Waals surface area contributed by atoms with Crippen molar-refractivity contribution in [2.75, 3.05) is 6.61 Å². The Kier molecular flexibility index (Phi) is 3.25. The molecule has 0 aliphatic carbocycles. The van der Waals surface area contributed by atoms with Crippen LogP contribution in [-0.4, -0.2) is 15.0 Å². The Labute approximate surface area is 120 Å². The van der Waals surface area contributed by atoms with Crippen LogP contribution in [0.3, 0.4) is 0 Å². The van der Waals surface area contributed by atoms with Crippen molar-refractivity contribution in [3.8, 4) is 5.75 Å². The average molecular weight is 308 g/mol. The number of benzene rings is 2. The van der Waals surface area contributed by atoms with Crippen LogP contribution in [0.1, 0.15) is 5.56 Å². The smallest absolute Gasteiger partial charge is 0.206 e. The minimum Gasteiger partial charge on any atom is -0.488 e. The molecule has 21 heavy (non-hydrogen) atoms. The minimum atomic E-state index is -3.75. The van der Waals surface area contributed by atoms with Crippen molar-refractivity contribution in [1.29, 1.82) is 0 Å². The van der Waals surface area contributed by atoms with Crippen LogP contribution in [0.4, 0.5) is 8.78 Å². The number of fused-ring (bicyclic) bond motifs is 1. The van der Waals surface area contributed by atoms with Crippen LogP contribution in [0.2, 0.25) is 0 Å². The summed E-state index contributed by atoms with van der Waals surface area (Å²) in [7, 11) is -3.75. The molecule has 0 radical (unpaired) electrons. The molecule has 2 aromatic carbocycles. The predicted molar refractivity (Wildman–Crippen MR) is 73.5 cm³/mol. The molecule has 0 spiro atoms. The van der Waals surface area contributed by atoms with E-state index in [0.717, 1.165) is 12.1 Å². The summed E-state index contributed by atoms with van der Waals surface area (Å²) < 4.78 is 55.9. The molecule has 3 rings (SSSR count). The second kappa shape index (κ2) is 4.96. The Morgan fingerprint density at radius 3 is 2.52 bits per heavy atom. The van der Waals surface area contributed by atoms with Crippen molar-refractivity contribution in [1.82, 2.24) is 0 Å². The number of rotatable bonds is 3. The maximum Gasteiger partial charge on any atom is 0.206 e. The van der Waals surface area contributed by atoms with E-state index in [1.807, 2.05) is 0 Å². The van der Waals surface area contributed by atoms with Gasteiger partial charge in [-0.05, 0) is 35.9 Å². The lowest BCUT2D eigenvalue weighted by atomic mass is 10.2. The van der Waals surface area contributed by atoms with E-state index < -0.39 is 21.5 Å². The number of ether oxygens (including phenoxy) is 1. The van der Waals surface area contributed by atoms with Gasteiger partial charge in [0.1, 0.15) is 24.0 Å². The van der Waals surface area contributed by atoms with Crippen molar-refractivity contribution in [2.24, 2.45) is 0 Å². The van der Waals surface area contributed by atoms with Gasteiger partial charge in [-0.2, -0.15) is 0 Å². The third-order valence-corrected chi connectivity index (χ3v) is 4.96. The average Bonchev–Trinajstić information content (AvgIpc) is 2.68. The van der Waals surface area contributed by atoms with E-state index in [1.165, 1.54) is 36.4 Å². The Hall–Kier alpha value is -2.21. The fourth-order valence-corrected chi connectivity index (χ4v) is 3.57. The van der Waals surface area contributed by atoms with Crippen molar-refractivity contribution in [3.63, 3.8) is 0 Å². The zero-order valence-corrected chi connectivity index (χ0v) is 11.5. The molecule has 2 aromatic rings. The summed E-state index contributed by atoms with van der Waals surface area (Å²) in [5.74, 6) is -0.854. The highest BCUT2D eigenvalue weighted by molar-refractivity contribution is 7.95. The van der Waals surface area contributed by atoms with E-state index in [9.17, 15) is 17.2 Å². The summed E-state index contributed by atoms with van der Waals surface area (Å²) in [6, 6.07) is 8.99. The molecule has 0 saturated carbocycles. The van der Waals surface area contributed by atoms with Crippen LogP contribution in [0.15, 0.2) is 52.3 Å². The zero-order valence-electron chi connectivity index (χ0n) is 10.7.